The summed E-state index contributed by atoms with van der Waals surface area (Å²) in [7, 11) is 0. The fourth-order valence-electron chi connectivity index (χ4n) is 1.59. The van der Waals surface area contributed by atoms with Crippen LogP contribution in [0, 0.1) is 0 Å². The zero-order chi connectivity index (χ0) is 13.0. The summed E-state index contributed by atoms with van der Waals surface area (Å²) in [6, 6.07) is 10.6. The summed E-state index contributed by atoms with van der Waals surface area (Å²) in [6.45, 7) is 2.07. The van der Waals surface area contributed by atoms with E-state index in [4.69, 9.17) is 0 Å². The molecule has 0 bridgehead atoms. The van der Waals surface area contributed by atoms with Crippen LogP contribution in [0.2, 0.25) is 0 Å². The monoisotopic (exact) mass is 242 g/mol. The number of nitrogens with one attached hydrogen (secondary N) is 1. The topological polar surface area (TPSA) is 62.2 Å². The van der Waals surface area contributed by atoms with Gasteiger partial charge < -0.3 is 10.4 Å². The fraction of sp³-hybridized carbons (Fsp3) is 0.143. The summed E-state index contributed by atoms with van der Waals surface area (Å²) < 4.78 is 0. The molecule has 0 saturated carbocycles. The number of nitrogens with zero attached hydrogens (tertiary/aromatic N) is 1. The van der Waals surface area contributed by atoms with Crippen LogP contribution in [0.25, 0.3) is 0 Å². The van der Waals surface area contributed by atoms with Crippen LogP contribution in [-0.4, -0.2) is 16.0 Å². The molecule has 0 aliphatic carbocycles. The van der Waals surface area contributed by atoms with E-state index in [0.29, 0.717) is 5.69 Å². The molecule has 0 aliphatic rings. The Hall–Kier alpha value is -2.36. The van der Waals surface area contributed by atoms with Gasteiger partial charge in [-0.3, -0.25) is 4.79 Å². The average Bonchev–Trinajstić information content (AvgIpc) is 2.40. The third-order valence-corrected chi connectivity index (χ3v) is 2.62. The van der Waals surface area contributed by atoms with Gasteiger partial charge in [0.1, 0.15) is 5.75 Å². The Morgan fingerprint density at radius 1 is 1.28 bits per heavy atom. The molecule has 2 rings (SSSR count). The highest BCUT2D eigenvalue weighted by atomic mass is 16.3. The Balaban J connectivity index is 2.14. The minimum atomic E-state index is -0.419. The molecule has 4 nitrogen and oxygen atoms in total. The number of pyridine rings is 1. The van der Waals surface area contributed by atoms with Gasteiger partial charge >= 0.3 is 0 Å². The first-order valence-corrected chi connectivity index (χ1v) is 5.75. The molecule has 1 aromatic heterocycles. The lowest BCUT2D eigenvalue weighted by molar-refractivity contribution is 0.101. The number of amides is 1. The number of anilines is 1. The summed E-state index contributed by atoms with van der Waals surface area (Å²) in [5, 5.41) is 12.2. The molecule has 0 saturated heterocycles. The van der Waals surface area contributed by atoms with Gasteiger partial charge in [0.05, 0.1) is 0 Å². The van der Waals surface area contributed by atoms with Gasteiger partial charge in [-0.1, -0.05) is 19.1 Å². The molecule has 1 heterocycles. The van der Waals surface area contributed by atoms with E-state index in [1.165, 1.54) is 17.8 Å². The van der Waals surface area contributed by atoms with E-state index in [1.807, 2.05) is 24.3 Å². The third-order valence-electron chi connectivity index (χ3n) is 2.62. The maximum Gasteiger partial charge on any atom is 0.278 e. The van der Waals surface area contributed by atoms with E-state index in [0.717, 1.165) is 6.42 Å². The van der Waals surface area contributed by atoms with Gasteiger partial charge in [-0.05, 0) is 36.2 Å². The quantitative estimate of drug-likeness (QED) is 0.869. The lowest BCUT2D eigenvalue weighted by atomic mass is 10.1. The van der Waals surface area contributed by atoms with Crippen LogP contribution in [0.5, 0.6) is 5.75 Å². The Labute approximate surface area is 105 Å². The Morgan fingerprint density at radius 2 is 2.00 bits per heavy atom. The van der Waals surface area contributed by atoms with Gasteiger partial charge in [-0.15, -0.1) is 0 Å². The zero-order valence-electron chi connectivity index (χ0n) is 10.1. The van der Waals surface area contributed by atoms with Crippen molar-refractivity contribution < 1.29 is 9.90 Å². The number of hydrogen-bond donors (Lipinski definition) is 2. The van der Waals surface area contributed by atoms with Crippen LogP contribution in [-0.2, 0) is 6.42 Å². The van der Waals surface area contributed by atoms with Gasteiger partial charge in [0.15, 0.2) is 5.69 Å². The number of aromatic nitrogens is 1. The van der Waals surface area contributed by atoms with E-state index in [9.17, 15) is 9.90 Å². The summed E-state index contributed by atoms with van der Waals surface area (Å²) in [6.07, 6.45) is 2.42. The van der Waals surface area contributed by atoms with Crippen LogP contribution >= 0.6 is 0 Å². The number of aryl methyl sites for hydroxylation is 1. The first-order chi connectivity index (χ1) is 8.70. The standard InChI is InChI=1S/C14H14N2O2/c1-2-10-5-7-11(8-6-10)16-14(18)13-12(17)4-3-9-15-13/h3-9,17H,2H2,1H3,(H,16,18). The van der Waals surface area contributed by atoms with Crippen LogP contribution in [0.4, 0.5) is 5.69 Å². The number of carbonyl (C=O) groups is 1. The van der Waals surface area contributed by atoms with Crippen molar-refractivity contribution >= 4 is 11.6 Å². The minimum Gasteiger partial charge on any atom is -0.505 e. The highest BCUT2D eigenvalue weighted by Gasteiger charge is 2.11. The van der Waals surface area contributed by atoms with Gasteiger partial charge in [0.25, 0.3) is 5.91 Å². The van der Waals surface area contributed by atoms with Crippen molar-refractivity contribution in [2.24, 2.45) is 0 Å². The van der Waals surface area contributed by atoms with Crippen LogP contribution in [0.15, 0.2) is 42.6 Å². The normalized spacial score (nSPS) is 10.1. The molecule has 18 heavy (non-hydrogen) atoms. The largest absolute Gasteiger partial charge is 0.505 e. The summed E-state index contributed by atoms with van der Waals surface area (Å²) in [4.78, 5) is 15.7. The number of rotatable bonds is 3. The van der Waals surface area contributed by atoms with Gasteiger partial charge in [-0.25, -0.2) is 4.98 Å². The highest BCUT2D eigenvalue weighted by Crippen LogP contribution is 2.16. The van der Waals surface area contributed by atoms with Crippen LogP contribution in [0.3, 0.4) is 0 Å². The SMILES string of the molecule is CCc1ccc(NC(=O)c2ncccc2O)cc1. The molecule has 92 valence electrons. The van der Waals surface area contributed by atoms with E-state index in [1.54, 1.807) is 6.07 Å². The van der Waals surface area contributed by atoms with E-state index < -0.39 is 5.91 Å². The number of hydrogen-bond acceptors (Lipinski definition) is 3. The van der Waals surface area contributed by atoms with Crippen molar-refractivity contribution in [1.29, 1.82) is 0 Å². The molecule has 2 N–H and O–H groups in total. The first-order valence-electron chi connectivity index (χ1n) is 5.75. The Morgan fingerprint density at radius 3 is 2.61 bits per heavy atom. The smallest absolute Gasteiger partial charge is 0.278 e. The predicted octanol–water partition coefficient (Wildman–Crippen LogP) is 2.60. The third kappa shape index (κ3) is 2.66. The summed E-state index contributed by atoms with van der Waals surface area (Å²) >= 11 is 0. The van der Waals surface area contributed by atoms with Crippen molar-refractivity contribution in [3.63, 3.8) is 0 Å². The van der Waals surface area contributed by atoms with Crippen molar-refractivity contribution in [2.45, 2.75) is 13.3 Å². The average molecular weight is 242 g/mol. The van der Waals surface area contributed by atoms with Gasteiger partial charge in [0.2, 0.25) is 0 Å². The molecular weight excluding hydrogens is 228 g/mol. The van der Waals surface area contributed by atoms with Crippen molar-refractivity contribution in [3.8, 4) is 5.75 Å². The number of aromatic hydroxyl groups is 1. The minimum absolute atomic E-state index is 0.0251. The molecule has 0 atom stereocenters. The molecule has 1 amide bonds. The van der Waals surface area contributed by atoms with Gasteiger partial charge in [-0.2, -0.15) is 0 Å². The van der Waals surface area contributed by atoms with Crippen molar-refractivity contribution in [3.05, 3.63) is 53.9 Å². The summed E-state index contributed by atoms with van der Waals surface area (Å²) in [5.74, 6) is -0.544. The zero-order valence-corrected chi connectivity index (χ0v) is 10.1. The van der Waals surface area contributed by atoms with E-state index in [2.05, 4.69) is 17.2 Å². The van der Waals surface area contributed by atoms with E-state index in [-0.39, 0.29) is 11.4 Å². The van der Waals surface area contributed by atoms with Crippen molar-refractivity contribution in [2.75, 3.05) is 5.32 Å². The molecule has 4 heteroatoms. The van der Waals surface area contributed by atoms with E-state index >= 15 is 0 Å². The molecule has 0 aliphatic heterocycles. The number of carbonyl (C=O) groups excluding carboxylic acids is 1. The highest BCUT2D eigenvalue weighted by molar-refractivity contribution is 6.04. The fourth-order valence-corrected chi connectivity index (χ4v) is 1.59. The second-order valence-corrected chi connectivity index (χ2v) is 3.88. The maximum absolute atomic E-state index is 11.9. The number of benzene rings is 1. The van der Waals surface area contributed by atoms with Crippen LogP contribution < -0.4 is 5.32 Å². The lowest BCUT2D eigenvalue weighted by Crippen LogP contribution is -2.13. The Kier molecular flexibility index (Phi) is 3.57. The second-order valence-electron chi connectivity index (χ2n) is 3.88. The van der Waals surface area contributed by atoms with Crippen LogP contribution in [0.1, 0.15) is 23.0 Å². The lowest BCUT2D eigenvalue weighted by Gasteiger charge is -2.06. The summed E-state index contributed by atoms with van der Waals surface area (Å²) in [5.41, 5.74) is 1.91. The maximum atomic E-state index is 11.9. The molecule has 2 aromatic rings. The molecule has 0 spiro atoms. The van der Waals surface area contributed by atoms with Crippen molar-refractivity contribution in [1.82, 2.24) is 4.98 Å². The predicted molar refractivity (Wildman–Crippen MR) is 69.7 cm³/mol. The molecule has 0 unspecified atom stereocenters. The van der Waals surface area contributed by atoms with Gasteiger partial charge in [0, 0.05) is 11.9 Å². The Bertz CT molecular complexity index is 550. The second kappa shape index (κ2) is 5.31. The first kappa shape index (κ1) is 12.1. The molecule has 0 fully saturated rings. The molecular formula is C14H14N2O2. The molecule has 1 aromatic carbocycles. The molecule has 0 radical (unpaired) electrons.